The number of nitrogen functional groups attached to an aromatic ring is 1. The number of carbonyl (C=O) groups is 1. The lowest BCUT2D eigenvalue weighted by atomic mass is 9.98. The minimum atomic E-state index is -3.98. The zero-order chi connectivity index (χ0) is 25.7. The Morgan fingerprint density at radius 1 is 1.15 bits per heavy atom. The highest BCUT2D eigenvalue weighted by molar-refractivity contribution is 5.73. The maximum Gasteiger partial charge on any atom is 0.391 e. The van der Waals surface area contributed by atoms with Crippen LogP contribution in [0.25, 0.3) is 11.3 Å². The van der Waals surface area contributed by atoms with E-state index in [1.54, 1.807) is 31.9 Å². The van der Waals surface area contributed by atoms with Gasteiger partial charge in [0.1, 0.15) is 18.2 Å². The molecule has 1 aliphatic rings. The Kier molecular flexibility index (Phi) is 12.4. The third-order valence-corrected chi connectivity index (χ3v) is 5.19. The zero-order valence-corrected chi connectivity index (χ0v) is 20.8. The Labute approximate surface area is 200 Å². The van der Waals surface area contributed by atoms with Crippen LogP contribution in [-0.2, 0) is 11.3 Å². The molecule has 0 unspecified atom stereocenters. The number of amides is 1. The van der Waals surface area contributed by atoms with Crippen molar-refractivity contribution in [3.63, 3.8) is 0 Å². The lowest BCUT2D eigenvalue weighted by Gasteiger charge is -2.18. The van der Waals surface area contributed by atoms with Crippen molar-refractivity contribution in [3.8, 4) is 17.0 Å². The first-order valence-electron chi connectivity index (χ1n) is 11.8. The molecule has 1 amide bonds. The van der Waals surface area contributed by atoms with Gasteiger partial charge in [-0.1, -0.05) is 40.5 Å². The van der Waals surface area contributed by atoms with Crippen LogP contribution in [0.2, 0.25) is 0 Å². The predicted molar refractivity (Wildman–Crippen MR) is 129 cm³/mol. The minimum Gasteiger partial charge on any atom is -0.491 e. The van der Waals surface area contributed by atoms with Crippen LogP contribution in [0, 0.1) is 5.92 Å². The lowest BCUT2D eigenvalue weighted by molar-refractivity contribution is -0.178. The molecule has 1 aliphatic heterocycles. The van der Waals surface area contributed by atoms with Crippen molar-refractivity contribution >= 4 is 11.7 Å². The van der Waals surface area contributed by atoms with E-state index >= 15 is 0 Å². The first kappa shape index (κ1) is 29.2. The molecular formula is C25H37F3N4O2. The molecule has 0 bridgehead atoms. The van der Waals surface area contributed by atoms with Crippen LogP contribution in [0.4, 0.5) is 19.0 Å². The highest BCUT2D eigenvalue weighted by Crippen LogP contribution is 2.33. The van der Waals surface area contributed by atoms with Crippen LogP contribution >= 0.6 is 0 Å². The molecule has 9 heteroatoms. The van der Waals surface area contributed by atoms with Gasteiger partial charge in [-0.25, -0.2) is 4.98 Å². The summed E-state index contributed by atoms with van der Waals surface area (Å²) in [5.74, 6) is 0.173. The van der Waals surface area contributed by atoms with Gasteiger partial charge < -0.3 is 15.4 Å². The highest BCUT2D eigenvalue weighted by atomic mass is 19.4. The van der Waals surface area contributed by atoms with Gasteiger partial charge in [0.2, 0.25) is 5.91 Å². The van der Waals surface area contributed by atoms with Gasteiger partial charge in [0.05, 0.1) is 30.6 Å². The second-order valence-corrected chi connectivity index (χ2v) is 7.75. The molecule has 2 aromatic rings. The highest BCUT2D eigenvalue weighted by Gasteiger charge is 2.37. The largest absolute Gasteiger partial charge is 0.491 e. The fraction of sp³-hybridized carbons (Fsp3) is 0.560. The van der Waals surface area contributed by atoms with E-state index in [-0.39, 0.29) is 18.7 Å². The molecule has 0 spiro atoms. The van der Waals surface area contributed by atoms with E-state index in [4.69, 9.17) is 10.5 Å². The molecule has 0 saturated carbocycles. The van der Waals surface area contributed by atoms with Crippen molar-refractivity contribution < 1.29 is 22.7 Å². The van der Waals surface area contributed by atoms with Gasteiger partial charge in [0.25, 0.3) is 0 Å². The molecule has 0 saturated heterocycles. The molecular weight excluding hydrogens is 445 g/mol. The van der Waals surface area contributed by atoms with Crippen molar-refractivity contribution in [2.45, 2.75) is 73.0 Å². The first-order valence-corrected chi connectivity index (χ1v) is 11.8. The quantitative estimate of drug-likeness (QED) is 0.544. The summed E-state index contributed by atoms with van der Waals surface area (Å²) in [5, 5.41) is 0. The number of halogens is 3. The van der Waals surface area contributed by atoms with Crippen molar-refractivity contribution in [2.75, 3.05) is 18.9 Å². The monoisotopic (exact) mass is 482 g/mol. The molecule has 1 aromatic heterocycles. The van der Waals surface area contributed by atoms with E-state index < -0.39 is 12.1 Å². The third kappa shape index (κ3) is 9.19. The summed E-state index contributed by atoms with van der Waals surface area (Å²) in [6.07, 6.45) is 0.964. The normalized spacial score (nSPS) is 12.9. The van der Waals surface area contributed by atoms with Crippen LogP contribution in [0.5, 0.6) is 5.75 Å². The van der Waals surface area contributed by atoms with Crippen molar-refractivity contribution in [3.05, 3.63) is 36.2 Å². The topological polar surface area (TPSA) is 81.3 Å². The number of aromatic nitrogens is 2. The second-order valence-electron chi connectivity index (χ2n) is 7.75. The Hall–Kier alpha value is -2.84. The Morgan fingerprint density at radius 3 is 2.29 bits per heavy atom. The number of benzene rings is 1. The van der Waals surface area contributed by atoms with Crippen molar-refractivity contribution in [2.24, 2.45) is 5.92 Å². The third-order valence-electron chi connectivity index (χ3n) is 5.19. The summed E-state index contributed by atoms with van der Waals surface area (Å²) < 4.78 is 42.0. The Bertz CT molecular complexity index is 867. The summed E-state index contributed by atoms with van der Waals surface area (Å²) in [6.45, 7) is 10.8. The lowest BCUT2D eigenvalue weighted by Crippen LogP contribution is -2.30. The van der Waals surface area contributed by atoms with Gasteiger partial charge in [-0.2, -0.15) is 13.2 Å². The second kappa shape index (κ2) is 14.4. The van der Waals surface area contributed by atoms with E-state index in [1.807, 2.05) is 32.0 Å². The molecule has 190 valence electrons. The molecule has 34 heavy (non-hydrogen) atoms. The molecule has 2 N–H and O–H groups in total. The summed E-state index contributed by atoms with van der Waals surface area (Å²) in [5.41, 5.74) is 8.19. The molecule has 0 aliphatic carbocycles. The zero-order valence-electron chi connectivity index (χ0n) is 20.8. The predicted octanol–water partition coefficient (Wildman–Crippen LogP) is 6.26. The minimum absolute atomic E-state index is 0.0455. The number of fused-ring (bicyclic) bond motifs is 1. The molecule has 1 aromatic carbocycles. The molecule has 0 radical (unpaired) electrons. The van der Waals surface area contributed by atoms with Gasteiger partial charge in [-0.3, -0.25) is 9.78 Å². The average molecular weight is 483 g/mol. The maximum absolute atomic E-state index is 12.1. The van der Waals surface area contributed by atoms with Gasteiger partial charge in [0, 0.05) is 24.6 Å². The molecule has 2 heterocycles. The van der Waals surface area contributed by atoms with E-state index in [2.05, 4.69) is 9.97 Å². The summed E-state index contributed by atoms with van der Waals surface area (Å²) in [7, 11) is 0. The van der Waals surface area contributed by atoms with Crippen molar-refractivity contribution in [1.82, 2.24) is 14.9 Å². The van der Waals surface area contributed by atoms with Crippen molar-refractivity contribution in [1.29, 1.82) is 0 Å². The van der Waals surface area contributed by atoms with Crippen LogP contribution in [0.3, 0.4) is 0 Å². The Balaban J connectivity index is 0.000000380. The number of ether oxygens (including phenoxy) is 1. The average Bonchev–Trinajstić information content (AvgIpc) is 3.03. The number of rotatable bonds is 5. The number of carbonyl (C=O) groups excluding carboxylic acids is 1. The number of hydrogen-bond acceptors (Lipinski definition) is 5. The van der Waals surface area contributed by atoms with E-state index in [0.29, 0.717) is 38.4 Å². The molecule has 0 atom stereocenters. The molecule has 3 rings (SSSR count). The van der Waals surface area contributed by atoms with Gasteiger partial charge in [0.15, 0.2) is 0 Å². The smallest absolute Gasteiger partial charge is 0.391 e. The summed E-state index contributed by atoms with van der Waals surface area (Å²) in [4.78, 5) is 21.7. The summed E-state index contributed by atoms with van der Waals surface area (Å²) in [6, 6.07) is 5.83. The number of anilines is 1. The summed E-state index contributed by atoms with van der Waals surface area (Å²) >= 11 is 0. The number of nitrogens with two attached hydrogens (primary N) is 1. The first-order chi connectivity index (χ1) is 16.2. The van der Waals surface area contributed by atoms with Crippen LogP contribution in [0.15, 0.2) is 30.6 Å². The van der Waals surface area contributed by atoms with Gasteiger partial charge >= 0.3 is 6.18 Å². The number of hydrogen-bond donors (Lipinski definition) is 1. The van der Waals surface area contributed by atoms with Crippen LogP contribution in [0.1, 0.15) is 65.9 Å². The SMILES string of the molecule is CC.CC(=O)N1CCOc2ccc(-c3cnc(N)cn3)cc2C1.CCCC(CCC)C(F)(F)F. The van der Waals surface area contributed by atoms with Crippen LogP contribution < -0.4 is 10.5 Å². The van der Waals surface area contributed by atoms with E-state index in [1.165, 1.54) is 6.20 Å². The maximum atomic E-state index is 12.1. The van der Waals surface area contributed by atoms with E-state index in [9.17, 15) is 18.0 Å². The fourth-order valence-corrected chi connectivity index (χ4v) is 3.48. The van der Waals surface area contributed by atoms with Gasteiger partial charge in [-0.15, -0.1) is 0 Å². The standard InChI is InChI=1S/C15H16N4O2.C8H15F3.C2H6/c1-10(20)19-4-5-21-14-3-2-11(6-12(14)9-19)13-7-18-15(16)8-17-13;1-3-5-7(6-4-2)8(9,10)11;1-2/h2-3,6-8H,4-5,9H2,1H3,(H2,16,18);7H,3-6H2,1-2H3;1-2H3. The van der Waals surface area contributed by atoms with E-state index in [0.717, 1.165) is 22.6 Å². The van der Waals surface area contributed by atoms with Crippen LogP contribution in [-0.4, -0.2) is 40.1 Å². The fourth-order valence-electron chi connectivity index (χ4n) is 3.48. The molecule has 6 nitrogen and oxygen atoms in total. The van der Waals surface area contributed by atoms with Gasteiger partial charge in [-0.05, 0) is 31.0 Å². The number of nitrogens with zero attached hydrogens (tertiary/aromatic N) is 3. The molecule has 0 fully saturated rings. The Morgan fingerprint density at radius 2 is 1.79 bits per heavy atom. The number of alkyl halides is 3.